The van der Waals surface area contributed by atoms with E-state index in [0.29, 0.717) is 18.7 Å². The van der Waals surface area contributed by atoms with Gasteiger partial charge in [-0.3, -0.25) is 4.79 Å². The van der Waals surface area contributed by atoms with Gasteiger partial charge in [-0.1, -0.05) is 6.07 Å². The maximum atomic E-state index is 13.4. The molecule has 1 amide bonds. The zero-order valence-corrected chi connectivity index (χ0v) is 16.5. The van der Waals surface area contributed by atoms with Gasteiger partial charge in [0.15, 0.2) is 0 Å². The molecule has 6 heterocycles. The van der Waals surface area contributed by atoms with Gasteiger partial charge in [-0.25, -0.2) is 18.9 Å². The van der Waals surface area contributed by atoms with Crippen molar-refractivity contribution < 1.29 is 13.6 Å². The molecule has 0 saturated carbocycles. The number of amides is 1. The smallest absolute Gasteiger partial charge is 0.312 e. The van der Waals surface area contributed by atoms with Crippen molar-refractivity contribution in [3.63, 3.8) is 0 Å². The van der Waals surface area contributed by atoms with Crippen LogP contribution in [-0.4, -0.2) is 52.1 Å². The van der Waals surface area contributed by atoms with Crippen molar-refractivity contribution in [1.29, 1.82) is 0 Å². The maximum Gasteiger partial charge on any atom is 0.312 e. The number of hydrogen-bond acceptors (Lipinski definition) is 7. The van der Waals surface area contributed by atoms with E-state index in [4.69, 9.17) is 4.42 Å². The Morgan fingerprint density at radius 3 is 2.97 bits per heavy atom. The number of nitrogens with zero attached hydrogens (tertiary/aromatic N) is 7. The molecule has 5 aromatic rings. The highest BCUT2D eigenvalue weighted by molar-refractivity contribution is 5.90. The Morgan fingerprint density at radius 1 is 1.19 bits per heavy atom. The lowest BCUT2D eigenvalue weighted by Crippen LogP contribution is -2.41. The van der Waals surface area contributed by atoms with Crippen LogP contribution in [0.3, 0.4) is 0 Å². The number of nitrogens with one attached hydrogen (secondary N) is 1. The van der Waals surface area contributed by atoms with E-state index in [-0.39, 0.29) is 17.5 Å². The van der Waals surface area contributed by atoms with Gasteiger partial charge in [0.1, 0.15) is 17.6 Å². The summed E-state index contributed by atoms with van der Waals surface area (Å²) < 4.78 is 20.5. The third-order valence-corrected chi connectivity index (χ3v) is 5.41. The number of aromatic amines is 1. The summed E-state index contributed by atoms with van der Waals surface area (Å²) in [5.41, 5.74) is 3.55. The van der Waals surface area contributed by atoms with Crippen molar-refractivity contribution in [3.05, 3.63) is 83.9 Å². The number of rotatable bonds is 3. The summed E-state index contributed by atoms with van der Waals surface area (Å²) in [6.45, 7) is 0.416. The number of imidazole rings is 1. The maximum absolute atomic E-state index is 13.4. The van der Waals surface area contributed by atoms with Gasteiger partial charge >= 0.3 is 11.8 Å². The van der Waals surface area contributed by atoms with Crippen LogP contribution >= 0.6 is 0 Å². The van der Waals surface area contributed by atoms with E-state index < -0.39 is 17.8 Å². The van der Waals surface area contributed by atoms with E-state index in [1.807, 2.05) is 30.5 Å². The lowest BCUT2D eigenvalue weighted by Gasteiger charge is -2.32. The van der Waals surface area contributed by atoms with Gasteiger partial charge in [-0.15, -0.1) is 10.2 Å². The lowest BCUT2D eigenvalue weighted by atomic mass is 9.99. The average molecular weight is 430 g/mol. The Kier molecular flexibility index (Phi) is 4.06. The first-order valence-corrected chi connectivity index (χ1v) is 9.90. The van der Waals surface area contributed by atoms with Crippen LogP contribution in [0.2, 0.25) is 0 Å². The predicted molar refractivity (Wildman–Crippen MR) is 108 cm³/mol. The fraction of sp³-hybridized carbons (Fsp3) is 0.143. The highest BCUT2D eigenvalue weighted by atomic mass is 19.1. The molecule has 0 spiro atoms. The second-order valence-corrected chi connectivity index (χ2v) is 7.33. The molecule has 0 aliphatic carbocycles. The summed E-state index contributed by atoms with van der Waals surface area (Å²) >= 11 is 0. The molecular formula is C21H15FN8O2. The number of carbonyl (C=O) groups excluding carboxylic acids is 1. The molecular weight excluding hydrogens is 415 g/mol. The lowest BCUT2D eigenvalue weighted by molar-refractivity contribution is 0.0646. The van der Waals surface area contributed by atoms with E-state index in [1.165, 1.54) is 12.1 Å². The van der Waals surface area contributed by atoms with Gasteiger partial charge in [-0.05, 0) is 30.3 Å². The molecule has 1 N–H and O–H groups in total. The quantitative estimate of drug-likeness (QED) is 0.467. The second-order valence-electron chi connectivity index (χ2n) is 7.33. The average Bonchev–Trinajstić information content (AvgIpc) is 3.57. The third-order valence-electron chi connectivity index (χ3n) is 5.41. The number of carbonyl (C=O) groups is 1. The van der Waals surface area contributed by atoms with Crippen LogP contribution in [0.4, 0.5) is 4.39 Å². The molecule has 0 bridgehead atoms. The molecule has 1 atom stereocenters. The predicted octanol–water partition coefficient (Wildman–Crippen LogP) is 2.43. The van der Waals surface area contributed by atoms with E-state index in [0.717, 1.165) is 23.1 Å². The SMILES string of the molecule is O=C(c1nnc(-c2ccc(F)cn2)o1)N1CCc2[nH]cnc2[C@@H]1c1cc2ccccn2n1. The molecule has 0 saturated heterocycles. The number of H-pyrrole nitrogens is 1. The topological polar surface area (TPSA) is 118 Å². The standard InChI is InChI=1S/C21H15FN8O2/c22-12-4-5-15(23-10-12)19-26-27-20(32-19)21(31)29-8-6-14-17(25-11-24-14)18(29)16-9-13-3-1-2-7-30(13)28-16/h1-5,7,9-11,18H,6,8H2,(H,24,25)/t18-/m0/s1. The minimum atomic E-state index is -0.517. The highest BCUT2D eigenvalue weighted by Gasteiger charge is 2.38. The molecule has 5 aromatic heterocycles. The van der Waals surface area contributed by atoms with Crippen LogP contribution in [0.5, 0.6) is 0 Å². The number of fused-ring (bicyclic) bond motifs is 2. The van der Waals surface area contributed by atoms with E-state index in [2.05, 4.69) is 30.2 Å². The summed E-state index contributed by atoms with van der Waals surface area (Å²) in [6, 6.07) is 9.81. The highest BCUT2D eigenvalue weighted by Crippen LogP contribution is 2.34. The largest absolute Gasteiger partial charge is 0.411 e. The molecule has 32 heavy (non-hydrogen) atoms. The first-order chi connectivity index (χ1) is 15.7. The first-order valence-electron chi connectivity index (χ1n) is 9.90. The number of aromatic nitrogens is 7. The summed E-state index contributed by atoms with van der Waals surface area (Å²) in [5.74, 6) is -1.07. The molecule has 0 unspecified atom stereocenters. The molecule has 0 fully saturated rings. The molecule has 10 nitrogen and oxygen atoms in total. The molecule has 0 aromatic carbocycles. The van der Waals surface area contributed by atoms with Crippen molar-refractivity contribution in [2.75, 3.05) is 6.54 Å². The summed E-state index contributed by atoms with van der Waals surface area (Å²) in [6.07, 6.45) is 5.11. The van der Waals surface area contributed by atoms with Crippen LogP contribution in [-0.2, 0) is 6.42 Å². The number of pyridine rings is 2. The van der Waals surface area contributed by atoms with Gasteiger partial charge in [0.2, 0.25) is 0 Å². The van der Waals surface area contributed by atoms with Crippen molar-refractivity contribution in [1.82, 2.24) is 39.7 Å². The van der Waals surface area contributed by atoms with Crippen LogP contribution < -0.4 is 0 Å². The number of halogens is 1. The van der Waals surface area contributed by atoms with Gasteiger partial charge in [0.05, 0.1) is 29.4 Å². The van der Waals surface area contributed by atoms with Crippen LogP contribution in [0.15, 0.2) is 59.5 Å². The number of hydrogen-bond donors (Lipinski definition) is 1. The van der Waals surface area contributed by atoms with Crippen LogP contribution in [0.25, 0.3) is 17.1 Å². The summed E-state index contributed by atoms with van der Waals surface area (Å²) in [7, 11) is 0. The summed E-state index contributed by atoms with van der Waals surface area (Å²) in [4.78, 5) is 26.6. The van der Waals surface area contributed by atoms with Crippen molar-refractivity contribution in [2.45, 2.75) is 12.5 Å². The summed E-state index contributed by atoms with van der Waals surface area (Å²) in [5, 5.41) is 12.5. The molecule has 11 heteroatoms. The Bertz CT molecular complexity index is 1400. The van der Waals surface area contributed by atoms with Crippen molar-refractivity contribution in [2.24, 2.45) is 0 Å². The normalized spacial score (nSPS) is 15.8. The molecule has 6 rings (SSSR count). The fourth-order valence-corrected chi connectivity index (χ4v) is 3.92. The minimum Gasteiger partial charge on any atom is -0.411 e. The van der Waals surface area contributed by atoms with E-state index in [9.17, 15) is 9.18 Å². The van der Waals surface area contributed by atoms with Crippen molar-refractivity contribution in [3.8, 4) is 11.6 Å². The zero-order valence-electron chi connectivity index (χ0n) is 16.5. The zero-order chi connectivity index (χ0) is 21.7. The molecule has 158 valence electrons. The van der Waals surface area contributed by atoms with E-state index in [1.54, 1.807) is 15.7 Å². The van der Waals surface area contributed by atoms with E-state index >= 15 is 0 Å². The van der Waals surface area contributed by atoms with Gasteiger partial charge in [0.25, 0.3) is 5.89 Å². The van der Waals surface area contributed by atoms with Crippen LogP contribution in [0, 0.1) is 5.82 Å². The minimum absolute atomic E-state index is 0.0371. The Morgan fingerprint density at radius 2 is 2.12 bits per heavy atom. The monoisotopic (exact) mass is 430 g/mol. The van der Waals surface area contributed by atoms with Crippen molar-refractivity contribution >= 4 is 11.4 Å². The Hall–Kier alpha value is -4.41. The molecule has 1 aliphatic rings. The second kappa shape index (κ2) is 7.08. The third kappa shape index (κ3) is 2.94. The fourth-order valence-electron chi connectivity index (χ4n) is 3.92. The van der Waals surface area contributed by atoms with Gasteiger partial charge in [-0.2, -0.15) is 5.10 Å². The van der Waals surface area contributed by atoms with Gasteiger partial charge < -0.3 is 14.3 Å². The van der Waals surface area contributed by atoms with Gasteiger partial charge in [0, 0.05) is 24.9 Å². The molecule has 1 aliphatic heterocycles. The Labute approximate surface area is 179 Å². The molecule has 0 radical (unpaired) electrons. The van der Waals surface area contributed by atoms with Crippen LogP contribution in [0.1, 0.15) is 33.8 Å². The first kappa shape index (κ1) is 18.4. The Balaban J connectivity index is 1.38.